The van der Waals surface area contributed by atoms with Crippen LogP contribution in [0.4, 0.5) is 5.69 Å². The SMILES string of the molecule is CN(C)c1cc(-c2ccc(CC3CCCC3)o2)c(O)c2c1C[C@@H]1C[C@@H]3[C@@H](N(C)C)C(=O)C(C(N)=O)C(=O)[C@]3(O)C(=O)C1C2=O. The fourth-order valence-corrected chi connectivity index (χ4v) is 8.37. The van der Waals surface area contributed by atoms with E-state index in [0.29, 0.717) is 28.5 Å². The highest BCUT2D eigenvalue weighted by molar-refractivity contribution is 6.32. The van der Waals surface area contributed by atoms with Crippen LogP contribution in [0, 0.1) is 29.6 Å². The molecule has 6 atom stereocenters. The van der Waals surface area contributed by atoms with Gasteiger partial charge in [0.15, 0.2) is 34.7 Å². The Kier molecular flexibility index (Phi) is 7.32. The van der Waals surface area contributed by atoms with Gasteiger partial charge in [0, 0.05) is 32.1 Å². The molecule has 11 heteroatoms. The molecule has 1 heterocycles. The van der Waals surface area contributed by atoms with Gasteiger partial charge in [0.25, 0.3) is 0 Å². The van der Waals surface area contributed by atoms with Crippen molar-refractivity contribution in [2.75, 3.05) is 33.1 Å². The first-order chi connectivity index (χ1) is 20.8. The summed E-state index contributed by atoms with van der Waals surface area (Å²) in [4.78, 5) is 70.8. The first-order valence-electron chi connectivity index (χ1n) is 15.3. The number of aromatic hydroxyl groups is 1. The molecule has 3 saturated carbocycles. The number of fused-ring (bicyclic) bond motifs is 3. The van der Waals surface area contributed by atoms with E-state index >= 15 is 0 Å². The smallest absolute Gasteiger partial charge is 0.235 e. The van der Waals surface area contributed by atoms with Crippen LogP contribution in [-0.4, -0.2) is 84.0 Å². The number of phenolic OH excluding ortho intramolecular Hbond substituents is 1. The molecule has 11 nitrogen and oxygen atoms in total. The molecule has 4 aliphatic carbocycles. The zero-order chi connectivity index (χ0) is 31.8. The zero-order valence-electron chi connectivity index (χ0n) is 25.5. The molecule has 2 unspecified atom stereocenters. The summed E-state index contributed by atoms with van der Waals surface area (Å²) in [5.74, 6) is -8.94. The van der Waals surface area contributed by atoms with Gasteiger partial charge in [-0.3, -0.25) is 28.9 Å². The molecular formula is C33H39N3O8. The Balaban J connectivity index is 1.44. The molecular weight excluding hydrogens is 566 g/mol. The van der Waals surface area contributed by atoms with E-state index in [1.54, 1.807) is 26.2 Å². The predicted octanol–water partition coefficient (Wildman–Crippen LogP) is 1.93. The van der Waals surface area contributed by atoms with Gasteiger partial charge >= 0.3 is 0 Å². The Labute approximate surface area is 255 Å². The molecule has 44 heavy (non-hydrogen) atoms. The third kappa shape index (κ3) is 4.34. The van der Waals surface area contributed by atoms with Crippen molar-refractivity contribution in [2.24, 2.45) is 35.3 Å². The van der Waals surface area contributed by atoms with Gasteiger partial charge in [-0.05, 0) is 62.5 Å². The summed E-state index contributed by atoms with van der Waals surface area (Å²) in [5, 5.41) is 23.4. The van der Waals surface area contributed by atoms with Crippen molar-refractivity contribution in [3.63, 3.8) is 0 Å². The molecule has 1 amide bonds. The summed E-state index contributed by atoms with van der Waals surface area (Å²) < 4.78 is 6.16. The number of anilines is 1. The Morgan fingerprint density at radius 3 is 2.36 bits per heavy atom. The Hall–Kier alpha value is -3.83. The fraction of sp³-hybridized carbons (Fsp3) is 0.545. The Bertz CT molecular complexity index is 1590. The van der Waals surface area contributed by atoms with Crippen molar-refractivity contribution in [1.29, 1.82) is 0 Å². The predicted molar refractivity (Wildman–Crippen MR) is 159 cm³/mol. The molecule has 4 N–H and O–H groups in total. The number of carbonyl (C=O) groups excluding carboxylic acids is 5. The van der Waals surface area contributed by atoms with E-state index in [1.165, 1.54) is 17.7 Å². The second kappa shape index (κ2) is 10.7. The maximum absolute atomic E-state index is 14.3. The van der Waals surface area contributed by atoms with Crippen LogP contribution in [0.2, 0.25) is 0 Å². The zero-order valence-corrected chi connectivity index (χ0v) is 25.5. The topological polar surface area (TPSA) is 171 Å². The van der Waals surface area contributed by atoms with Gasteiger partial charge in [-0.2, -0.15) is 0 Å². The molecule has 0 saturated heterocycles. The molecule has 4 aliphatic rings. The Morgan fingerprint density at radius 2 is 1.75 bits per heavy atom. The summed E-state index contributed by atoms with van der Waals surface area (Å²) in [6.45, 7) is 0. The summed E-state index contributed by atoms with van der Waals surface area (Å²) in [6.07, 6.45) is 5.69. The monoisotopic (exact) mass is 605 g/mol. The molecule has 1 aromatic carbocycles. The molecule has 0 bridgehead atoms. The highest BCUT2D eigenvalue weighted by atomic mass is 16.3. The van der Waals surface area contributed by atoms with Gasteiger partial charge in [0.1, 0.15) is 17.3 Å². The highest BCUT2D eigenvalue weighted by Crippen LogP contribution is 2.53. The number of aliphatic hydroxyl groups is 1. The van der Waals surface area contributed by atoms with Crippen LogP contribution in [-0.2, 0) is 32.0 Å². The maximum Gasteiger partial charge on any atom is 0.235 e. The first kappa shape index (κ1) is 30.2. The van der Waals surface area contributed by atoms with Crippen LogP contribution in [0.1, 0.15) is 53.8 Å². The molecule has 0 spiro atoms. The number of carbonyl (C=O) groups is 5. The number of amides is 1. The standard InChI is InChI=1S/C33H39N3O8/c1-35(2)21-14-19(22-10-9-17(44-22)11-15-7-5-6-8-15)27(37)24-18(21)12-16-13-20-26(36(3)4)29(39)25(32(34)42)31(41)33(20,43)30(40)23(16)28(24)38/h9-10,14-16,20,23,25-26,37,43H,5-8,11-13H2,1-4H3,(H2,34,42)/t16-,20-,23?,25?,26-,33-/m1/s1. The lowest BCUT2D eigenvalue weighted by Gasteiger charge is -2.52. The summed E-state index contributed by atoms with van der Waals surface area (Å²) in [6, 6.07) is 4.28. The van der Waals surface area contributed by atoms with Crippen LogP contribution in [0.3, 0.4) is 0 Å². The van der Waals surface area contributed by atoms with Crippen molar-refractivity contribution in [3.8, 4) is 17.1 Å². The summed E-state index contributed by atoms with van der Waals surface area (Å²) >= 11 is 0. The van der Waals surface area contributed by atoms with E-state index in [-0.39, 0.29) is 24.2 Å². The number of benzene rings is 1. The van der Waals surface area contributed by atoms with E-state index in [4.69, 9.17) is 10.2 Å². The number of nitrogens with two attached hydrogens (primary N) is 1. The number of likely N-dealkylation sites (N-methyl/N-ethyl adjacent to an activating group) is 1. The number of primary amides is 1. The number of ketones is 4. The highest BCUT2D eigenvalue weighted by Gasteiger charge is 2.69. The maximum atomic E-state index is 14.3. The lowest BCUT2D eigenvalue weighted by Crippen LogP contribution is -2.74. The molecule has 6 rings (SSSR count). The molecule has 234 valence electrons. The van der Waals surface area contributed by atoms with Crippen molar-refractivity contribution >= 4 is 34.7 Å². The van der Waals surface area contributed by atoms with E-state index in [9.17, 15) is 34.2 Å². The molecule has 1 aromatic heterocycles. The lowest BCUT2D eigenvalue weighted by molar-refractivity contribution is -0.181. The first-order valence-corrected chi connectivity index (χ1v) is 15.3. The van der Waals surface area contributed by atoms with Crippen LogP contribution in [0.15, 0.2) is 22.6 Å². The van der Waals surface area contributed by atoms with Gasteiger partial charge in [-0.15, -0.1) is 0 Å². The van der Waals surface area contributed by atoms with E-state index < -0.39 is 64.4 Å². The number of furan rings is 1. The largest absolute Gasteiger partial charge is 0.506 e. The van der Waals surface area contributed by atoms with Crippen molar-refractivity contribution < 1.29 is 38.6 Å². The quantitative estimate of drug-likeness (QED) is 0.413. The van der Waals surface area contributed by atoms with Gasteiger partial charge in [-0.25, -0.2) is 0 Å². The summed E-state index contributed by atoms with van der Waals surface area (Å²) in [7, 11) is 6.75. The number of rotatable bonds is 6. The molecule has 2 aromatic rings. The average Bonchev–Trinajstić information content (AvgIpc) is 3.63. The van der Waals surface area contributed by atoms with Gasteiger partial charge in [0.05, 0.1) is 23.1 Å². The number of phenols is 1. The summed E-state index contributed by atoms with van der Waals surface area (Å²) in [5.41, 5.74) is 4.11. The van der Waals surface area contributed by atoms with Gasteiger partial charge < -0.3 is 25.3 Å². The van der Waals surface area contributed by atoms with E-state index in [2.05, 4.69) is 0 Å². The Morgan fingerprint density at radius 1 is 1.07 bits per heavy atom. The third-order valence-electron chi connectivity index (χ3n) is 10.4. The minimum Gasteiger partial charge on any atom is -0.506 e. The van der Waals surface area contributed by atoms with Gasteiger partial charge in [-0.1, -0.05) is 25.7 Å². The number of hydrogen-bond acceptors (Lipinski definition) is 10. The van der Waals surface area contributed by atoms with Crippen LogP contribution in [0.5, 0.6) is 5.75 Å². The normalized spacial score (nSPS) is 30.4. The van der Waals surface area contributed by atoms with E-state index in [1.807, 2.05) is 25.1 Å². The number of Topliss-reactive ketones (excluding diaryl/α,β-unsaturated/α-hetero) is 4. The average molecular weight is 606 g/mol. The lowest BCUT2D eigenvalue weighted by atomic mass is 9.52. The second-order valence-corrected chi connectivity index (χ2v) is 13.4. The van der Waals surface area contributed by atoms with Crippen molar-refractivity contribution in [1.82, 2.24) is 4.90 Å². The molecule has 3 fully saturated rings. The van der Waals surface area contributed by atoms with Crippen LogP contribution < -0.4 is 10.6 Å². The van der Waals surface area contributed by atoms with E-state index in [0.717, 1.165) is 25.0 Å². The van der Waals surface area contributed by atoms with Gasteiger partial charge in [0.2, 0.25) is 5.91 Å². The van der Waals surface area contributed by atoms with Crippen LogP contribution in [0.25, 0.3) is 11.3 Å². The van der Waals surface area contributed by atoms with Crippen LogP contribution >= 0.6 is 0 Å². The fourth-order valence-electron chi connectivity index (χ4n) is 8.37. The minimum atomic E-state index is -2.76. The van der Waals surface area contributed by atoms with Crippen molar-refractivity contribution in [2.45, 2.75) is 56.6 Å². The van der Waals surface area contributed by atoms with Crippen molar-refractivity contribution in [3.05, 3.63) is 35.1 Å². The molecule has 0 aliphatic heterocycles. The molecule has 0 radical (unpaired) electrons. The minimum absolute atomic E-state index is 0.00197. The number of nitrogens with zero attached hydrogens (tertiary/aromatic N) is 2. The third-order valence-corrected chi connectivity index (χ3v) is 10.4. The number of hydrogen-bond donors (Lipinski definition) is 3. The second-order valence-electron chi connectivity index (χ2n) is 13.4.